The predicted octanol–water partition coefficient (Wildman–Crippen LogP) is 0.620. The van der Waals surface area contributed by atoms with Crippen molar-refractivity contribution in [2.45, 2.75) is 32.2 Å². The first-order chi connectivity index (χ1) is 10.2. The molecule has 0 aliphatic carbocycles. The molecule has 0 atom stereocenters. The van der Waals surface area contributed by atoms with Crippen LogP contribution in [0.5, 0.6) is 0 Å². The normalized spacial score (nSPS) is 15.9. The van der Waals surface area contributed by atoms with Crippen LogP contribution in [0.15, 0.2) is 11.0 Å². The number of imidazole rings is 1. The molecule has 21 heavy (non-hydrogen) atoms. The van der Waals surface area contributed by atoms with Crippen LogP contribution in [-0.2, 0) is 13.6 Å². The molecule has 0 radical (unpaired) electrons. The Hall–Kier alpha value is -2.13. The van der Waals surface area contributed by atoms with Gasteiger partial charge in [0.2, 0.25) is 0 Å². The van der Waals surface area contributed by atoms with Gasteiger partial charge in [0.15, 0.2) is 0 Å². The molecule has 2 aromatic rings. The Kier molecular flexibility index (Phi) is 3.76. The molecule has 0 aromatic carbocycles. The van der Waals surface area contributed by atoms with Crippen molar-refractivity contribution >= 4 is 11.0 Å². The molecule has 0 bridgehead atoms. The van der Waals surface area contributed by atoms with Crippen LogP contribution in [0.25, 0.3) is 11.0 Å². The first kappa shape index (κ1) is 13.8. The zero-order valence-corrected chi connectivity index (χ0v) is 12.4. The number of aromatic nitrogens is 4. The maximum Gasteiger partial charge on any atom is 0.292 e. The Labute approximate surface area is 123 Å². The molecular formula is C15H19N5O. The van der Waals surface area contributed by atoms with Gasteiger partial charge in [0, 0.05) is 13.0 Å². The fourth-order valence-corrected chi connectivity index (χ4v) is 2.86. The minimum absolute atomic E-state index is 0.113. The Morgan fingerprint density at radius 1 is 1.43 bits per heavy atom. The Bertz CT molecular complexity index is 771. The summed E-state index contributed by atoms with van der Waals surface area (Å²) < 4.78 is 3.33. The van der Waals surface area contributed by atoms with Crippen LogP contribution in [-0.4, -0.2) is 32.4 Å². The number of aryl methyl sites for hydroxylation is 1. The number of piperidine rings is 1. The standard InChI is InChI=1S/C15H19N5O/c1-3-4-9-20-13-12(10-17-19(2)15(13)21)18-14(20)11-5-7-16-8-6-11/h10-11,16H,5-9H2,1-2H3. The number of hydrogen-bond donors (Lipinski definition) is 1. The first-order valence-corrected chi connectivity index (χ1v) is 7.25. The van der Waals surface area contributed by atoms with Crippen molar-refractivity contribution < 1.29 is 0 Å². The third kappa shape index (κ3) is 2.45. The number of hydrogen-bond acceptors (Lipinski definition) is 4. The Balaban J connectivity index is 2.19. The van der Waals surface area contributed by atoms with E-state index in [-0.39, 0.29) is 5.56 Å². The number of nitrogens with zero attached hydrogens (tertiary/aromatic N) is 4. The average molecular weight is 285 g/mol. The van der Waals surface area contributed by atoms with Gasteiger partial charge in [0.05, 0.1) is 12.7 Å². The quantitative estimate of drug-likeness (QED) is 0.822. The second-order valence-electron chi connectivity index (χ2n) is 5.31. The van der Waals surface area contributed by atoms with E-state index in [0.717, 1.165) is 31.8 Å². The summed E-state index contributed by atoms with van der Waals surface area (Å²) in [4.78, 5) is 17.1. The SMILES string of the molecule is CC#CCn1c(C2CCNCC2)nc2cnn(C)c(=O)c21. The second kappa shape index (κ2) is 5.70. The monoisotopic (exact) mass is 285 g/mol. The van der Waals surface area contributed by atoms with Crippen LogP contribution in [0.2, 0.25) is 0 Å². The molecular weight excluding hydrogens is 266 g/mol. The summed E-state index contributed by atoms with van der Waals surface area (Å²) in [5.74, 6) is 7.31. The van der Waals surface area contributed by atoms with Crippen LogP contribution in [0, 0.1) is 11.8 Å². The third-order valence-electron chi connectivity index (χ3n) is 3.99. The Morgan fingerprint density at radius 3 is 2.90 bits per heavy atom. The van der Waals surface area contributed by atoms with Crippen LogP contribution < -0.4 is 10.9 Å². The molecule has 2 aromatic heterocycles. The predicted molar refractivity (Wildman–Crippen MR) is 81.1 cm³/mol. The second-order valence-corrected chi connectivity index (χ2v) is 5.31. The number of nitrogens with one attached hydrogen (secondary N) is 1. The molecule has 1 saturated heterocycles. The fraction of sp³-hybridized carbons (Fsp3) is 0.533. The molecule has 1 aliphatic heterocycles. The topological polar surface area (TPSA) is 64.7 Å². The van der Waals surface area contributed by atoms with Crippen LogP contribution in [0.4, 0.5) is 0 Å². The molecule has 1 fully saturated rings. The highest BCUT2D eigenvalue weighted by molar-refractivity contribution is 5.74. The lowest BCUT2D eigenvalue weighted by molar-refractivity contribution is 0.436. The highest BCUT2D eigenvalue weighted by Crippen LogP contribution is 2.26. The van der Waals surface area contributed by atoms with Gasteiger partial charge in [-0.2, -0.15) is 5.10 Å². The molecule has 0 unspecified atom stereocenters. The van der Waals surface area contributed by atoms with Crippen molar-refractivity contribution in [1.29, 1.82) is 0 Å². The van der Waals surface area contributed by atoms with Gasteiger partial charge in [0.25, 0.3) is 5.56 Å². The van der Waals surface area contributed by atoms with Crippen molar-refractivity contribution in [3.05, 3.63) is 22.4 Å². The molecule has 3 heterocycles. The zero-order chi connectivity index (χ0) is 14.8. The summed E-state index contributed by atoms with van der Waals surface area (Å²) in [5, 5.41) is 7.42. The van der Waals surface area contributed by atoms with E-state index in [4.69, 9.17) is 0 Å². The summed E-state index contributed by atoms with van der Waals surface area (Å²) >= 11 is 0. The van der Waals surface area contributed by atoms with Crippen molar-refractivity contribution in [2.24, 2.45) is 7.05 Å². The molecule has 110 valence electrons. The summed E-state index contributed by atoms with van der Waals surface area (Å²) in [6, 6.07) is 0. The van der Waals surface area contributed by atoms with E-state index in [1.807, 2.05) is 11.5 Å². The van der Waals surface area contributed by atoms with Crippen LogP contribution in [0.3, 0.4) is 0 Å². The highest BCUT2D eigenvalue weighted by Gasteiger charge is 2.23. The fourth-order valence-electron chi connectivity index (χ4n) is 2.86. The van der Waals surface area contributed by atoms with E-state index in [1.165, 1.54) is 4.68 Å². The third-order valence-corrected chi connectivity index (χ3v) is 3.99. The summed E-state index contributed by atoms with van der Waals surface area (Å²) in [7, 11) is 1.66. The minimum atomic E-state index is -0.113. The Morgan fingerprint density at radius 2 is 2.19 bits per heavy atom. The van der Waals surface area contributed by atoms with Gasteiger partial charge in [-0.25, -0.2) is 9.67 Å². The molecule has 6 nitrogen and oxygen atoms in total. The molecule has 1 aliphatic rings. The van der Waals surface area contributed by atoms with Crippen molar-refractivity contribution in [3.63, 3.8) is 0 Å². The maximum atomic E-state index is 12.4. The minimum Gasteiger partial charge on any atom is -0.317 e. The van der Waals surface area contributed by atoms with Gasteiger partial charge in [-0.3, -0.25) is 4.79 Å². The number of rotatable bonds is 2. The van der Waals surface area contributed by atoms with Crippen molar-refractivity contribution in [2.75, 3.05) is 13.1 Å². The molecule has 0 amide bonds. The zero-order valence-electron chi connectivity index (χ0n) is 12.4. The van der Waals surface area contributed by atoms with Crippen LogP contribution in [0.1, 0.15) is 31.5 Å². The van der Waals surface area contributed by atoms with Gasteiger partial charge in [-0.1, -0.05) is 5.92 Å². The first-order valence-electron chi connectivity index (χ1n) is 7.25. The van der Waals surface area contributed by atoms with E-state index in [9.17, 15) is 4.79 Å². The summed E-state index contributed by atoms with van der Waals surface area (Å²) in [6.45, 7) is 4.29. The number of fused-ring (bicyclic) bond motifs is 1. The lowest BCUT2D eigenvalue weighted by Crippen LogP contribution is -2.28. The molecule has 0 saturated carbocycles. The van der Waals surface area contributed by atoms with E-state index in [1.54, 1.807) is 13.2 Å². The van der Waals surface area contributed by atoms with E-state index < -0.39 is 0 Å². The van der Waals surface area contributed by atoms with Gasteiger partial charge in [-0.05, 0) is 32.9 Å². The average Bonchev–Trinajstić information content (AvgIpc) is 2.89. The lowest BCUT2D eigenvalue weighted by atomic mass is 9.97. The highest BCUT2D eigenvalue weighted by atomic mass is 16.1. The van der Waals surface area contributed by atoms with E-state index in [2.05, 4.69) is 27.2 Å². The summed E-state index contributed by atoms with van der Waals surface area (Å²) in [5.41, 5.74) is 1.17. The van der Waals surface area contributed by atoms with Crippen molar-refractivity contribution in [3.8, 4) is 11.8 Å². The molecule has 1 N–H and O–H groups in total. The van der Waals surface area contributed by atoms with Crippen LogP contribution >= 0.6 is 0 Å². The smallest absolute Gasteiger partial charge is 0.292 e. The van der Waals surface area contributed by atoms with Gasteiger partial charge >= 0.3 is 0 Å². The van der Waals surface area contributed by atoms with E-state index >= 15 is 0 Å². The largest absolute Gasteiger partial charge is 0.317 e. The lowest BCUT2D eigenvalue weighted by Gasteiger charge is -2.22. The van der Waals surface area contributed by atoms with E-state index in [0.29, 0.717) is 23.5 Å². The maximum absolute atomic E-state index is 12.4. The van der Waals surface area contributed by atoms with Gasteiger partial charge in [-0.15, -0.1) is 5.92 Å². The molecule has 6 heteroatoms. The van der Waals surface area contributed by atoms with Gasteiger partial charge in [0.1, 0.15) is 16.9 Å². The summed E-state index contributed by atoms with van der Waals surface area (Å²) in [6.07, 6.45) is 3.74. The molecule has 3 rings (SSSR count). The molecule has 0 spiro atoms. The van der Waals surface area contributed by atoms with Crippen molar-refractivity contribution in [1.82, 2.24) is 24.6 Å². The van der Waals surface area contributed by atoms with Gasteiger partial charge < -0.3 is 9.88 Å².